The van der Waals surface area contributed by atoms with Crippen LogP contribution in [0.2, 0.25) is 5.02 Å². The first-order chi connectivity index (χ1) is 15.5. The zero-order valence-corrected chi connectivity index (χ0v) is 19.0. The maximum absolute atomic E-state index is 12.5. The molecule has 1 amide bonds. The Balaban J connectivity index is 1.55. The molecule has 1 aliphatic rings. The Bertz CT molecular complexity index is 1160. The van der Waals surface area contributed by atoms with Crippen LogP contribution in [0.3, 0.4) is 0 Å². The molecule has 3 aromatic rings. The van der Waals surface area contributed by atoms with E-state index in [-0.39, 0.29) is 5.91 Å². The van der Waals surface area contributed by atoms with Crippen LogP contribution in [0.4, 0.5) is 0 Å². The van der Waals surface area contributed by atoms with Crippen LogP contribution in [0.5, 0.6) is 11.5 Å². The molecule has 1 N–H and O–H groups in total. The Morgan fingerprint density at radius 3 is 2.47 bits per heavy atom. The molecule has 5 nitrogen and oxygen atoms in total. The van der Waals surface area contributed by atoms with E-state index in [4.69, 9.17) is 33.3 Å². The van der Waals surface area contributed by atoms with Gasteiger partial charge in [-0.1, -0.05) is 60.1 Å². The van der Waals surface area contributed by atoms with Crippen molar-refractivity contribution in [2.45, 2.75) is 13.2 Å². The van der Waals surface area contributed by atoms with E-state index >= 15 is 0 Å². The Labute approximate surface area is 197 Å². The molecular formula is C25H21ClN2O3S. The average molecular weight is 465 g/mol. The van der Waals surface area contributed by atoms with Gasteiger partial charge in [-0.3, -0.25) is 10.1 Å². The van der Waals surface area contributed by atoms with Crippen LogP contribution in [-0.2, 0) is 17.9 Å². The summed E-state index contributed by atoms with van der Waals surface area (Å²) >= 11 is 11.3. The van der Waals surface area contributed by atoms with E-state index in [0.717, 1.165) is 16.7 Å². The summed E-state index contributed by atoms with van der Waals surface area (Å²) in [5.74, 6) is 0.968. The number of carbonyl (C=O) groups excluding carboxylic acids is 1. The van der Waals surface area contributed by atoms with Crippen molar-refractivity contribution in [2.75, 3.05) is 7.11 Å². The van der Waals surface area contributed by atoms with Crippen LogP contribution >= 0.6 is 23.8 Å². The quantitative estimate of drug-likeness (QED) is 0.385. The van der Waals surface area contributed by atoms with Crippen molar-refractivity contribution in [3.05, 3.63) is 100 Å². The number of thiocarbonyl (C=S) groups is 1. The molecule has 0 spiro atoms. The van der Waals surface area contributed by atoms with Crippen LogP contribution < -0.4 is 14.8 Å². The minimum atomic E-state index is -0.243. The second kappa shape index (κ2) is 9.85. The van der Waals surface area contributed by atoms with E-state index in [9.17, 15) is 4.79 Å². The summed E-state index contributed by atoms with van der Waals surface area (Å²) < 4.78 is 11.4. The highest BCUT2D eigenvalue weighted by molar-refractivity contribution is 7.80. The summed E-state index contributed by atoms with van der Waals surface area (Å²) in [4.78, 5) is 14.3. The van der Waals surface area contributed by atoms with Crippen molar-refractivity contribution >= 4 is 40.9 Å². The number of hydrogen-bond donors (Lipinski definition) is 1. The maximum Gasteiger partial charge on any atom is 0.274 e. The average Bonchev–Trinajstić information content (AvgIpc) is 3.07. The van der Waals surface area contributed by atoms with E-state index in [1.165, 1.54) is 0 Å². The van der Waals surface area contributed by atoms with Gasteiger partial charge in [0.2, 0.25) is 0 Å². The molecule has 0 unspecified atom stereocenters. The van der Waals surface area contributed by atoms with Crippen molar-refractivity contribution in [3.8, 4) is 11.5 Å². The summed E-state index contributed by atoms with van der Waals surface area (Å²) in [7, 11) is 1.59. The topological polar surface area (TPSA) is 50.8 Å². The van der Waals surface area contributed by atoms with Crippen LogP contribution in [-0.4, -0.2) is 23.0 Å². The number of hydrogen-bond acceptors (Lipinski definition) is 4. The predicted octanol–water partition coefficient (Wildman–Crippen LogP) is 5.19. The Kier molecular flexibility index (Phi) is 6.73. The van der Waals surface area contributed by atoms with Crippen molar-refractivity contribution in [1.82, 2.24) is 10.2 Å². The Morgan fingerprint density at radius 1 is 1.00 bits per heavy atom. The summed E-state index contributed by atoms with van der Waals surface area (Å²) in [5, 5.41) is 3.74. The van der Waals surface area contributed by atoms with Crippen molar-refractivity contribution in [3.63, 3.8) is 0 Å². The molecule has 4 rings (SSSR count). The number of ether oxygens (including phenoxy) is 2. The molecule has 162 valence electrons. The number of carbonyl (C=O) groups is 1. The third-order valence-corrected chi connectivity index (χ3v) is 5.55. The van der Waals surface area contributed by atoms with Gasteiger partial charge in [0.05, 0.1) is 13.7 Å². The first-order valence-corrected chi connectivity index (χ1v) is 10.8. The zero-order chi connectivity index (χ0) is 22.5. The summed E-state index contributed by atoms with van der Waals surface area (Å²) in [6.07, 6.45) is 1.79. The molecule has 1 heterocycles. The van der Waals surface area contributed by atoms with Crippen molar-refractivity contribution < 1.29 is 14.3 Å². The molecule has 0 bridgehead atoms. The van der Waals surface area contributed by atoms with Gasteiger partial charge >= 0.3 is 0 Å². The van der Waals surface area contributed by atoms with Gasteiger partial charge < -0.3 is 14.4 Å². The Hall–Kier alpha value is -3.35. The molecule has 32 heavy (non-hydrogen) atoms. The fraction of sp³-hybridized carbons (Fsp3) is 0.120. The second-order valence-electron chi connectivity index (χ2n) is 7.19. The Morgan fingerprint density at radius 2 is 1.75 bits per heavy atom. The van der Waals surface area contributed by atoms with E-state index in [1.54, 1.807) is 18.1 Å². The van der Waals surface area contributed by atoms with Gasteiger partial charge in [0.15, 0.2) is 16.6 Å². The van der Waals surface area contributed by atoms with E-state index in [0.29, 0.717) is 40.5 Å². The lowest BCUT2D eigenvalue weighted by atomic mass is 10.1. The lowest BCUT2D eigenvalue weighted by Gasteiger charge is -2.18. The van der Waals surface area contributed by atoms with E-state index in [1.807, 2.05) is 72.8 Å². The summed E-state index contributed by atoms with van der Waals surface area (Å²) in [6, 6.07) is 22.9. The first kappa shape index (κ1) is 21.9. The molecule has 1 aliphatic heterocycles. The summed E-state index contributed by atoms with van der Waals surface area (Å²) in [5.41, 5.74) is 3.31. The molecular weight excluding hydrogens is 444 g/mol. The van der Waals surface area contributed by atoms with Crippen LogP contribution in [0.25, 0.3) is 6.08 Å². The number of nitrogens with zero attached hydrogens (tertiary/aromatic N) is 1. The lowest BCUT2D eigenvalue weighted by Crippen LogP contribution is -2.26. The smallest absolute Gasteiger partial charge is 0.274 e. The number of amides is 1. The second-order valence-corrected chi connectivity index (χ2v) is 8.01. The monoisotopic (exact) mass is 464 g/mol. The fourth-order valence-electron chi connectivity index (χ4n) is 3.32. The van der Waals surface area contributed by atoms with Gasteiger partial charge in [-0.2, -0.15) is 0 Å². The standard InChI is InChI=1S/C25H21ClN2O3S/c1-30-23-14-19(9-12-22(23)31-16-18-5-3-2-4-6-18)13-21-24(29)27-25(32)28(21)15-17-7-10-20(26)11-8-17/h2-14H,15-16H2,1H3,(H,27,29,32)/b21-13+. The SMILES string of the molecule is COc1cc(/C=C2\C(=O)NC(=S)N2Cc2ccc(Cl)cc2)ccc1OCc1ccccc1. The van der Waals surface area contributed by atoms with E-state index in [2.05, 4.69) is 5.32 Å². The number of benzene rings is 3. The van der Waals surface area contributed by atoms with Crippen LogP contribution in [0.15, 0.2) is 78.5 Å². The third kappa shape index (κ3) is 5.10. The number of nitrogens with one attached hydrogen (secondary N) is 1. The molecule has 7 heteroatoms. The lowest BCUT2D eigenvalue weighted by molar-refractivity contribution is -0.115. The normalized spacial score (nSPS) is 14.6. The van der Waals surface area contributed by atoms with E-state index < -0.39 is 0 Å². The molecule has 1 saturated heterocycles. The van der Waals surface area contributed by atoms with Gasteiger partial charge in [0.1, 0.15) is 12.3 Å². The fourth-order valence-corrected chi connectivity index (χ4v) is 3.70. The van der Waals surface area contributed by atoms with Crippen LogP contribution in [0.1, 0.15) is 16.7 Å². The zero-order valence-electron chi connectivity index (χ0n) is 17.4. The van der Waals surface area contributed by atoms with Gasteiger partial charge in [-0.15, -0.1) is 0 Å². The minimum absolute atomic E-state index is 0.243. The molecule has 0 aromatic heterocycles. The molecule has 0 saturated carbocycles. The molecule has 1 fully saturated rings. The van der Waals surface area contributed by atoms with Gasteiger partial charge in [0.25, 0.3) is 5.91 Å². The third-order valence-electron chi connectivity index (χ3n) is 4.97. The van der Waals surface area contributed by atoms with Crippen molar-refractivity contribution in [1.29, 1.82) is 0 Å². The number of halogens is 1. The first-order valence-electron chi connectivity index (χ1n) is 9.97. The van der Waals surface area contributed by atoms with Gasteiger partial charge in [-0.05, 0) is 59.2 Å². The molecule has 0 atom stereocenters. The number of rotatable bonds is 7. The molecule has 0 radical (unpaired) electrons. The maximum atomic E-state index is 12.5. The van der Waals surface area contributed by atoms with Crippen LogP contribution in [0, 0.1) is 0 Å². The van der Waals surface area contributed by atoms with Gasteiger partial charge in [-0.25, -0.2) is 0 Å². The predicted molar refractivity (Wildman–Crippen MR) is 129 cm³/mol. The van der Waals surface area contributed by atoms with Crippen molar-refractivity contribution in [2.24, 2.45) is 0 Å². The highest BCUT2D eigenvalue weighted by Gasteiger charge is 2.30. The summed E-state index contributed by atoms with van der Waals surface area (Å²) in [6.45, 7) is 0.888. The highest BCUT2D eigenvalue weighted by Crippen LogP contribution is 2.30. The largest absolute Gasteiger partial charge is 0.493 e. The number of methoxy groups -OCH3 is 1. The minimum Gasteiger partial charge on any atom is -0.493 e. The molecule has 0 aliphatic carbocycles. The molecule has 3 aromatic carbocycles. The highest BCUT2D eigenvalue weighted by atomic mass is 35.5. The van der Waals surface area contributed by atoms with Gasteiger partial charge in [0, 0.05) is 5.02 Å².